The van der Waals surface area contributed by atoms with E-state index in [0.29, 0.717) is 6.54 Å². The predicted octanol–water partition coefficient (Wildman–Crippen LogP) is 0.999. The van der Waals surface area contributed by atoms with Crippen molar-refractivity contribution < 1.29 is 14.7 Å². The Morgan fingerprint density at radius 2 is 1.83 bits per heavy atom. The van der Waals surface area contributed by atoms with Gasteiger partial charge in [0, 0.05) is 12.6 Å². The molecule has 0 bridgehead atoms. The molecule has 0 aliphatic heterocycles. The van der Waals surface area contributed by atoms with Crippen LogP contribution in [0.3, 0.4) is 0 Å². The van der Waals surface area contributed by atoms with Crippen LogP contribution in [0, 0.1) is 0 Å². The molecule has 1 aromatic rings. The number of carbonyl (C=O) groups excluding carboxylic acids is 1. The summed E-state index contributed by atoms with van der Waals surface area (Å²) in [6.07, 6.45) is 0. The highest BCUT2D eigenvalue weighted by atomic mass is 16.4. The van der Waals surface area contributed by atoms with Crippen molar-refractivity contribution in [3.05, 3.63) is 35.4 Å². The minimum Gasteiger partial charge on any atom is -0.478 e. The van der Waals surface area contributed by atoms with Crippen molar-refractivity contribution in [3.8, 4) is 0 Å². The minimum absolute atomic E-state index is 0.0778. The average molecular weight is 250 g/mol. The molecule has 1 amide bonds. The molecule has 1 rings (SSSR count). The van der Waals surface area contributed by atoms with Gasteiger partial charge < -0.3 is 15.7 Å². The van der Waals surface area contributed by atoms with Crippen molar-refractivity contribution in [2.24, 2.45) is 0 Å². The molecule has 0 aliphatic carbocycles. The molecule has 0 saturated heterocycles. The van der Waals surface area contributed by atoms with Crippen molar-refractivity contribution in [3.63, 3.8) is 0 Å². The number of rotatable bonds is 6. The number of carbonyl (C=O) groups is 2. The predicted molar refractivity (Wildman–Crippen MR) is 68.4 cm³/mol. The zero-order valence-electron chi connectivity index (χ0n) is 10.6. The molecular formula is C13H18N2O3. The summed E-state index contributed by atoms with van der Waals surface area (Å²) in [6.45, 7) is 4.62. The molecule has 5 heteroatoms. The van der Waals surface area contributed by atoms with Crippen LogP contribution in [0.4, 0.5) is 0 Å². The fraction of sp³-hybridized carbons (Fsp3) is 0.385. The number of benzene rings is 1. The van der Waals surface area contributed by atoms with Gasteiger partial charge in [-0.1, -0.05) is 26.0 Å². The van der Waals surface area contributed by atoms with Gasteiger partial charge in [-0.2, -0.15) is 0 Å². The molecule has 0 aliphatic rings. The first-order valence-electron chi connectivity index (χ1n) is 5.81. The molecule has 18 heavy (non-hydrogen) atoms. The van der Waals surface area contributed by atoms with Gasteiger partial charge in [0.15, 0.2) is 0 Å². The topological polar surface area (TPSA) is 78.4 Å². The van der Waals surface area contributed by atoms with Gasteiger partial charge in [-0.3, -0.25) is 4.79 Å². The zero-order valence-corrected chi connectivity index (χ0v) is 10.6. The Hall–Kier alpha value is -1.88. The lowest BCUT2D eigenvalue weighted by atomic mass is 10.1. The van der Waals surface area contributed by atoms with Crippen LogP contribution in [-0.2, 0) is 11.3 Å². The highest BCUT2D eigenvalue weighted by Gasteiger charge is 2.04. The first kappa shape index (κ1) is 14.2. The minimum atomic E-state index is -0.952. The molecule has 1 aromatic carbocycles. The lowest BCUT2D eigenvalue weighted by Crippen LogP contribution is -2.36. The molecule has 3 N–H and O–H groups in total. The van der Waals surface area contributed by atoms with E-state index in [-0.39, 0.29) is 24.1 Å². The number of carboxylic acid groups (broad SMARTS) is 1. The highest BCUT2D eigenvalue weighted by Crippen LogP contribution is 2.03. The molecule has 0 fully saturated rings. The van der Waals surface area contributed by atoms with E-state index < -0.39 is 5.97 Å². The Morgan fingerprint density at radius 1 is 1.22 bits per heavy atom. The largest absolute Gasteiger partial charge is 0.478 e. The van der Waals surface area contributed by atoms with Gasteiger partial charge in [0.2, 0.25) is 5.91 Å². The van der Waals surface area contributed by atoms with E-state index in [1.807, 2.05) is 13.8 Å². The third-order valence-electron chi connectivity index (χ3n) is 2.36. The third-order valence-corrected chi connectivity index (χ3v) is 2.36. The summed E-state index contributed by atoms with van der Waals surface area (Å²) in [5.41, 5.74) is 1.12. The molecule has 98 valence electrons. The number of carboxylic acids is 1. The summed E-state index contributed by atoms with van der Waals surface area (Å²) < 4.78 is 0. The zero-order chi connectivity index (χ0) is 13.5. The maximum Gasteiger partial charge on any atom is 0.335 e. The van der Waals surface area contributed by atoms with Crippen LogP contribution in [-0.4, -0.2) is 29.6 Å². The van der Waals surface area contributed by atoms with Gasteiger partial charge in [0.25, 0.3) is 0 Å². The number of nitrogens with one attached hydrogen (secondary N) is 2. The van der Waals surface area contributed by atoms with Crippen molar-refractivity contribution in [1.82, 2.24) is 10.6 Å². The number of aromatic carboxylic acids is 1. The second-order valence-corrected chi connectivity index (χ2v) is 4.31. The summed E-state index contributed by atoms with van der Waals surface area (Å²) in [5, 5.41) is 14.5. The molecule has 0 spiro atoms. The Balaban J connectivity index is 2.39. The van der Waals surface area contributed by atoms with Crippen molar-refractivity contribution in [1.29, 1.82) is 0 Å². The number of hydrogen-bond donors (Lipinski definition) is 3. The average Bonchev–Trinajstić information content (AvgIpc) is 2.34. The monoisotopic (exact) mass is 250 g/mol. The SMILES string of the molecule is CC(C)NCC(=O)NCc1ccc(C(=O)O)cc1. The fourth-order valence-corrected chi connectivity index (χ4v) is 1.33. The van der Waals surface area contributed by atoms with E-state index in [9.17, 15) is 9.59 Å². The molecule has 0 atom stereocenters. The van der Waals surface area contributed by atoms with Crippen molar-refractivity contribution in [2.75, 3.05) is 6.54 Å². The van der Waals surface area contributed by atoms with Crippen LogP contribution >= 0.6 is 0 Å². The number of amides is 1. The van der Waals surface area contributed by atoms with Gasteiger partial charge in [-0.05, 0) is 17.7 Å². The van der Waals surface area contributed by atoms with Gasteiger partial charge in [0.1, 0.15) is 0 Å². The second kappa shape index (κ2) is 6.76. The Bertz CT molecular complexity index is 413. The Labute approximate surface area is 106 Å². The van der Waals surface area contributed by atoms with Crippen molar-refractivity contribution >= 4 is 11.9 Å². The maximum atomic E-state index is 11.4. The Kier molecular flexibility index (Phi) is 5.32. The van der Waals surface area contributed by atoms with E-state index in [1.54, 1.807) is 12.1 Å². The van der Waals surface area contributed by atoms with Crippen LogP contribution in [0.1, 0.15) is 29.8 Å². The molecule has 0 aromatic heterocycles. The summed E-state index contributed by atoms with van der Waals surface area (Å²) in [5.74, 6) is -1.03. The summed E-state index contributed by atoms with van der Waals surface area (Å²) >= 11 is 0. The van der Waals surface area contributed by atoms with Gasteiger partial charge in [-0.15, -0.1) is 0 Å². The molecule has 0 radical (unpaired) electrons. The van der Waals surface area contributed by atoms with Crippen molar-refractivity contribution in [2.45, 2.75) is 26.4 Å². The second-order valence-electron chi connectivity index (χ2n) is 4.31. The Morgan fingerprint density at radius 3 is 2.33 bits per heavy atom. The van der Waals surface area contributed by atoms with E-state index in [0.717, 1.165) is 5.56 Å². The van der Waals surface area contributed by atoms with Crippen LogP contribution in [0.5, 0.6) is 0 Å². The van der Waals surface area contributed by atoms with Crippen LogP contribution < -0.4 is 10.6 Å². The normalized spacial score (nSPS) is 10.4. The summed E-state index contributed by atoms with van der Waals surface area (Å²) in [4.78, 5) is 22.1. The standard InChI is InChI=1S/C13H18N2O3/c1-9(2)14-8-12(16)15-7-10-3-5-11(6-4-10)13(17)18/h3-6,9,14H,7-8H2,1-2H3,(H,15,16)(H,17,18). The first-order valence-corrected chi connectivity index (χ1v) is 5.81. The van der Waals surface area contributed by atoms with Gasteiger partial charge >= 0.3 is 5.97 Å². The lowest BCUT2D eigenvalue weighted by molar-refractivity contribution is -0.120. The highest BCUT2D eigenvalue weighted by molar-refractivity contribution is 5.87. The van der Waals surface area contributed by atoms with E-state index >= 15 is 0 Å². The third kappa shape index (κ3) is 4.97. The molecule has 5 nitrogen and oxygen atoms in total. The fourth-order valence-electron chi connectivity index (χ4n) is 1.33. The molecule has 0 heterocycles. The van der Waals surface area contributed by atoms with Crippen LogP contribution in [0.15, 0.2) is 24.3 Å². The lowest BCUT2D eigenvalue weighted by Gasteiger charge is -2.09. The van der Waals surface area contributed by atoms with Gasteiger partial charge in [0.05, 0.1) is 12.1 Å². The quantitative estimate of drug-likeness (QED) is 0.703. The maximum absolute atomic E-state index is 11.4. The van der Waals surface area contributed by atoms with Crippen LogP contribution in [0.2, 0.25) is 0 Å². The first-order chi connectivity index (χ1) is 8.49. The smallest absolute Gasteiger partial charge is 0.335 e. The summed E-state index contributed by atoms with van der Waals surface area (Å²) in [7, 11) is 0. The molecule has 0 saturated carbocycles. The molecule has 0 unspecified atom stereocenters. The molecular weight excluding hydrogens is 232 g/mol. The number of hydrogen-bond acceptors (Lipinski definition) is 3. The van der Waals surface area contributed by atoms with Crippen LogP contribution in [0.25, 0.3) is 0 Å². The van der Waals surface area contributed by atoms with E-state index in [4.69, 9.17) is 5.11 Å². The van der Waals surface area contributed by atoms with Gasteiger partial charge in [-0.25, -0.2) is 4.79 Å². The van der Waals surface area contributed by atoms with E-state index in [1.165, 1.54) is 12.1 Å². The summed E-state index contributed by atoms with van der Waals surface area (Å²) in [6, 6.07) is 6.71. The van der Waals surface area contributed by atoms with E-state index in [2.05, 4.69) is 10.6 Å².